The van der Waals surface area contributed by atoms with E-state index in [4.69, 9.17) is 0 Å². The van der Waals surface area contributed by atoms with Crippen molar-refractivity contribution in [1.29, 1.82) is 0 Å². The van der Waals surface area contributed by atoms with Gasteiger partial charge in [0.05, 0.1) is 16.6 Å². The highest BCUT2D eigenvalue weighted by Gasteiger charge is 2.46. The number of carbonyl (C=O) groups is 1. The van der Waals surface area contributed by atoms with Crippen LogP contribution in [-0.2, 0) is 16.2 Å². The van der Waals surface area contributed by atoms with Crippen LogP contribution >= 0.6 is 0 Å². The predicted octanol–water partition coefficient (Wildman–Crippen LogP) is 3.30. The Balaban J connectivity index is 1.89. The van der Waals surface area contributed by atoms with Crippen LogP contribution in [0.15, 0.2) is 30.5 Å². The zero-order chi connectivity index (χ0) is 22.3. The molecule has 1 aromatic carbocycles. The summed E-state index contributed by atoms with van der Waals surface area (Å²) in [5.41, 5.74) is -6.43. The van der Waals surface area contributed by atoms with Gasteiger partial charge in [-0.15, -0.1) is 0 Å². The van der Waals surface area contributed by atoms with Crippen LogP contribution in [0.4, 0.5) is 26.3 Å². The zero-order valence-corrected chi connectivity index (χ0v) is 15.9. The number of pyridine rings is 1. The zero-order valence-electron chi connectivity index (χ0n) is 15.1. The molecule has 0 spiro atoms. The third kappa shape index (κ3) is 4.36. The van der Waals surface area contributed by atoms with Gasteiger partial charge in [0.1, 0.15) is 0 Å². The maximum Gasteiger partial charge on any atom is 0.511 e. The van der Waals surface area contributed by atoms with Crippen molar-refractivity contribution in [3.63, 3.8) is 0 Å². The van der Waals surface area contributed by atoms with Gasteiger partial charge in [-0.3, -0.25) is 9.78 Å². The van der Waals surface area contributed by atoms with Gasteiger partial charge in [0.2, 0.25) is 0 Å². The molecule has 1 N–H and O–H groups in total. The van der Waals surface area contributed by atoms with E-state index in [2.05, 4.69) is 4.98 Å². The van der Waals surface area contributed by atoms with Gasteiger partial charge < -0.3 is 4.90 Å². The third-order valence-corrected chi connectivity index (χ3v) is 5.91. The summed E-state index contributed by atoms with van der Waals surface area (Å²) in [5.74, 6) is -0.713. The molecule has 0 radical (unpaired) electrons. The van der Waals surface area contributed by atoms with Crippen molar-refractivity contribution in [2.45, 2.75) is 30.6 Å². The third-order valence-electron chi connectivity index (χ3n) is 4.75. The lowest BCUT2D eigenvalue weighted by Crippen LogP contribution is -2.46. The van der Waals surface area contributed by atoms with Crippen molar-refractivity contribution in [1.82, 2.24) is 14.6 Å². The first-order valence-electron chi connectivity index (χ1n) is 8.64. The van der Waals surface area contributed by atoms with E-state index in [1.807, 2.05) is 0 Å². The molecule has 1 saturated heterocycles. The number of hydrogen-bond donors (Lipinski definition) is 1. The minimum Gasteiger partial charge on any atom is -0.334 e. The molecule has 1 atom stereocenters. The first-order chi connectivity index (χ1) is 13.8. The van der Waals surface area contributed by atoms with Gasteiger partial charge in [-0.25, -0.2) is 13.1 Å². The number of nitrogens with one attached hydrogen (secondary N) is 1. The van der Waals surface area contributed by atoms with Crippen molar-refractivity contribution < 1.29 is 39.6 Å². The molecule has 1 aliphatic rings. The summed E-state index contributed by atoms with van der Waals surface area (Å²) < 4.78 is 101. The molecule has 164 valence electrons. The van der Waals surface area contributed by atoms with Crippen LogP contribution in [0.5, 0.6) is 0 Å². The Morgan fingerprint density at radius 2 is 1.87 bits per heavy atom. The van der Waals surface area contributed by atoms with Gasteiger partial charge >= 0.3 is 21.7 Å². The highest BCUT2D eigenvalue weighted by molar-refractivity contribution is 7.90. The van der Waals surface area contributed by atoms with Crippen molar-refractivity contribution >= 4 is 26.8 Å². The van der Waals surface area contributed by atoms with Crippen molar-refractivity contribution in [2.75, 3.05) is 13.1 Å². The van der Waals surface area contributed by atoms with E-state index < -0.39 is 45.8 Å². The summed E-state index contributed by atoms with van der Waals surface area (Å²) in [4.78, 5) is 18.1. The first kappa shape index (κ1) is 22.3. The fourth-order valence-corrected chi connectivity index (χ4v) is 3.84. The van der Waals surface area contributed by atoms with Crippen LogP contribution in [0.1, 0.15) is 28.8 Å². The van der Waals surface area contributed by atoms with Crippen LogP contribution in [0, 0.1) is 0 Å². The summed E-state index contributed by atoms with van der Waals surface area (Å²) >= 11 is 0. The molecule has 1 amide bonds. The number of alkyl halides is 6. The average molecular weight is 455 g/mol. The Morgan fingerprint density at radius 3 is 2.50 bits per heavy atom. The van der Waals surface area contributed by atoms with Crippen molar-refractivity contribution in [2.24, 2.45) is 0 Å². The monoisotopic (exact) mass is 455 g/mol. The molecular formula is C17H15F6N3O3S. The molecule has 1 aromatic heterocycles. The summed E-state index contributed by atoms with van der Waals surface area (Å²) in [6.45, 7) is -0.537. The average Bonchev–Trinajstić information content (AvgIpc) is 3.12. The van der Waals surface area contributed by atoms with E-state index in [9.17, 15) is 39.6 Å². The van der Waals surface area contributed by atoms with Gasteiger partial charge in [-0.05, 0) is 37.1 Å². The SMILES string of the molecule is O=C(c1ccnc2ccc(C(F)(F)F)cc12)N1CCCC1CNS(=O)(=O)C(F)(F)F. The quantitative estimate of drug-likeness (QED) is 0.718. The van der Waals surface area contributed by atoms with Crippen molar-refractivity contribution in [3.05, 3.63) is 41.6 Å². The van der Waals surface area contributed by atoms with Crippen LogP contribution in [0.3, 0.4) is 0 Å². The number of amides is 1. The molecule has 30 heavy (non-hydrogen) atoms. The minimum atomic E-state index is -5.58. The topological polar surface area (TPSA) is 79.4 Å². The molecule has 1 aliphatic heterocycles. The number of fused-ring (bicyclic) bond motifs is 1. The minimum absolute atomic E-state index is 0.0566. The Hall–Kier alpha value is -2.41. The maximum absolute atomic E-state index is 13.0. The molecule has 1 unspecified atom stereocenters. The highest BCUT2D eigenvalue weighted by Crippen LogP contribution is 2.33. The van der Waals surface area contributed by atoms with Crippen LogP contribution in [-0.4, -0.2) is 48.8 Å². The molecule has 1 fully saturated rings. The molecule has 0 aliphatic carbocycles. The van der Waals surface area contributed by atoms with Gasteiger partial charge in [0.25, 0.3) is 5.91 Å². The van der Waals surface area contributed by atoms with Crippen LogP contribution in [0.25, 0.3) is 10.9 Å². The standard InChI is InChI=1S/C17H15F6N3O3S/c18-16(19,20)10-3-4-14-13(8-10)12(5-6-24-14)15(27)26-7-1-2-11(26)9-25-30(28,29)17(21,22)23/h3-6,8,11,25H,1-2,7,9H2. The molecule has 2 heterocycles. The molecule has 6 nitrogen and oxygen atoms in total. The lowest BCUT2D eigenvalue weighted by atomic mass is 10.0. The largest absolute Gasteiger partial charge is 0.511 e. The lowest BCUT2D eigenvalue weighted by molar-refractivity contribution is -0.137. The van der Waals surface area contributed by atoms with E-state index >= 15 is 0 Å². The van der Waals surface area contributed by atoms with Gasteiger partial charge in [-0.2, -0.15) is 26.3 Å². The number of sulfonamides is 1. The summed E-state index contributed by atoms with van der Waals surface area (Å²) in [5, 5.41) is -0.0566. The molecule has 3 rings (SSSR count). The van der Waals surface area contributed by atoms with Crippen molar-refractivity contribution in [3.8, 4) is 0 Å². The van der Waals surface area contributed by atoms with Crippen LogP contribution in [0.2, 0.25) is 0 Å². The molecule has 0 bridgehead atoms. The summed E-state index contributed by atoms with van der Waals surface area (Å²) in [6, 6.07) is 3.08. The summed E-state index contributed by atoms with van der Waals surface area (Å²) in [7, 11) is -5.58. The van der Waals surface area contributed by atoms with E-state index in [1.54, 1.807) is 0 Å². The van der Waals surface area contributed by atoms with E-state index in [1.165, 1.54) is 17.0 Å². The number of halogens is 6. The Morgan fingerprint density at radius 1 is 1.17 bits per heavy atom. The predicted molar refractivity (Wildman–Crippen MR) is 93.8 cm³/mol. The van der Waals surface area contributed by atoms with Crippen LogP contribution < -0.4 is 4.72 Å². The maximum atomic E-state index is 13.0. The molecule has 13 heteroatoms. The number of aromatic nitrogens is 1. The second-order valence-electron chi connectivity index (χ2n) is 6.68. The fourth-order valence-electron chi connectivity index (χ4n) is 3.27. The number of likely N-dealkylation sites (tertiary alicyclic amines) is 1. The number of carbonyl (C=O) groups excluding carboxylic acids is 1. The smallest absolute Gasteiger partial charge is 0.334 e. The first-order valence-corrected chi connectivity index (χ1v) is 10.1. The molecular weight excluding hydrogens is 440 g/mol. The highest BCUT2D eigenvalue weighted by atomic mass is 32.2. The molecule has 2 aromatic rings. The van der Waals surface area contributed by atoms with E-state index in [0.29, 0.717) is 6.42 Å². The van der Waals surface area contributed by atoms with Gasteiger partial charge in [0.15, 0.2) is 0 Å². The fraction of sp³-hybridized carbons (Fsp3) is 0.412. The number of nitrogens with zero attached hydrogens (tertiary/aromatic N) is 2. The summed E-state index contributed by atoms with van der Waals surface area (Å²) in [6.07, 6.45) is -2.76. The van der Waals surface area contributed by atoms with Gasteiger partial charge in [-0.1, -0.05) is 0 Å². The molecule has 0 saturated carbocycles. The Bertz CT molecular complexity index is 1070. The van der Waals surface area contributed by atoms with E-state index in [-0.39, 0.29) is 29.4 Å². The Labute approximate surface area is 166 Å². The Kier molecular flexibility index (Phi) is 5.71. The number of rotatable bonds is 4. The van der Waals surface area contributed by atoms with E-state index in [0.717, 1.165) is 23.1 Å². The second kappa shape index (κ2) is 7.69. The normalized spacial score (nSPS) is 18.2. The number of hydrogen-bond acceptors (Lipinski definition) is 4. The lowest BCUT2D eigenvalue weighted by Gasteiger charge is -2.25. The van der Waals surface area contributed by atoms with Gasteiger partial charge in [0, 0.05) is 30.7 Å². The number of benzene rings is 1. The second-order valence-corrected chi connectivity index (χ2v) is 8.44.